The van der Waals surface area contributed by atoms with Crippen molar-refractivity contribution in [3.8, 4) is 5.75 Å². The molecule has 0 aliphatic rings. The highest BCUT2D eigenvalue weighted by atomic mass is 79.9. The van der Waals surface area contributed by atoms with Crippen LogP contribution >= 0.6 is 15.9 Å². The number of amides is 2. The number of hydrogen-bond acceptors (Lipinski definition) is 3. The van der Waals surface area contributed by atoms with Gasteiger partial charge in [-0.25, -0.2) is 8.78 Å². The Balaban J connectivity index is 1.84. The Morgan fingerprint density at radius 3 is 2.22 bits per heavy atom. The van der Waals surface area contributed by atoms with E-state index in [4.69, 9.17) is 4.74 Å². The van der Waals surface area contributed by atoms with Crippen molar-refractivity contribution in [3.63, 3.8) is 0 Å². The van der Waals surface area contributed by atoms with E-state index < -0.39 is 29.0 Å². The summed E-state index contributed by atoms with van der Waals surface area (Å²) >= 11 is 3.26. The van der Waals surface area contributed by atoms with Gasteiger partial charge in [0.25, 0.3) is 11.8 Å². The van der Waals surface area contributed by atoms with Gasteiger partial charge in [-0.2, -0.15) is 0 Å². The van der Waals surface area contributed by atoms with E-state index in [0.717, 1.165) is 22.7 Å². The van der Waals surface area contributed by atoms with Crippen molar-refractivity contribution >= 4 is 27.7 Å². The number of halogens is 3. The van der Waals surface area contributed by atoms with Crippen molar-refractivity contribution in [2.45, 2.75) is 0 Å². The standard InChI is InChI=1S/C15H11BrF2N2O3/c16-9-4-6-10(7-5-9)23-8-13(21)19-20-15(22)14-11(17)2-1-3-12(14)18/h1-7H,8H2,(H,19,21)(H,20,22). The summed E-state index contributed by atoms with van der Waals surface area (Å²) in [5.41, 5.74) is 3.15. The van der Waals surface area contributed by atoms with E-state index >= 15 is 0 Å². The largest absolute Gasteiger partial charge is 0.484 e. The van der Waals surface area contributed by atoms with Gasteiger partial charge in [0.2, 0.25) is 0 Å². The molecule has 0 bridgehead atoms. The second kappa shape index (κ2) is 7.68. The van der Waals surface area contributed by atoms with E-state index in [1.54, 1.807) is 24.3 Å². The lowest BCUT2D eigenvalue weighted by Gasteiger charge is -2.09. The van der Waals surface area contributed by atoms with Gasteiger partial charge in [-0.3, -0.25) is 20.4 Å². The highest BCUT2D eigenvalue weighted by molar-refractivity contribution is 9.10. The van der Waals surface area contributed by atoms with E-state index in [2.05, 4.69) is 15.9 Å². The van der Waals surface area contributed by atoms with E-state index in [0.29, 0.717) is 5.75 Å². The molecule has 2 rings (SSSR count). The van der Waals surface area contributed by atoms with Crippen molar-refractivity contribution in [2.24, 2.45) is 0 Å². The maximum atomic E-state index is 13.4. The lowest BCUT2D eigenvalue weighted by atomic mass is 10.2. The molecule has 0 atom stereocenters. The molecule has 23 heavy (non-hydrogen) atoms. The molecule has 0 spiro atoms. The minimum Gasteiger partial charge on any atom is -0.484 e. The minimum atomic E-state index is -1.10. The number of nitrogens with one attached hydrogen (secondary N) is 2. The van der Waals surface area contributed by atoms with Crippen LogP contribution in [-0.4, -0.2) is 18.4 Å². The molecule has 0 fully saturated rings. The molecule has 2 amide bonds. The number of hydrazine groups is 1. The monoisotopic (exact) mass is 384 g/mol. The first kappa shape index (κ1) is 16.9. The Kier molecular flexibility index (Phi) is 5.64. The fourth-order valence-electron chi connectivity index (χ4n) is 1.62. The van der Waals surface area contributed by atoms with E-state index in [1.807, 2.05) is 10.9 Å². The average molecular weight is 385 g/mol. The fraction of sp³-hybridized carbons (Fsp3) is 0.0667. The maximum Gasteiger partial charge on any atom is 0.276 e. The Bertz CT molecular complexity index is 703. The molecule has 0 saturated heterocycles. The van der Waals surface area contributed by atoms with E-state index in [1.165, 1.54) is 0 Å². The number of rotatable bonds is 4. The third kappa shape index (κ3) is 4.75. The zero-order chi connectivity index (χ0) is 16.8. The topological polar surface area (TPSA) is 67.4 Å². The normalized spacial score (nSPS) is 10.0. The van der Waals surface area contributed by atoms with Crippen LogP contribution in [-0.2, 0) is 4.79 Å². The summed E-state index contributed by atoms with van der Waals surface area (Å²) < 4.78 is 32.8. The van der Waals surface area contributed by atoms with Gasteiger partial charge in [0.15, 0.2) is 6.61 Å². The fourth-order valence-corrected chi connectivity index (χ4v) is 1.88. The lowest BCUT2D eigenvalue weighted by molar-refractivity contribution is -0.123. The Morgan fingerprint density at radius 1 is 1.00 bits per heavy atom. The SMILES string of the molecule is O=C(COc1ccc(Br)cc1)NNC(=O)c1c(F)cccc1F. The second-order valence-electron chi connectivity index (χ2n) is 4.34. The summed E-state index contributed by atoms with van der Waals surface area (Å²) in [5, 5.41) is 0. The molecule has 0 aliphatic heterocycles. The third-order valence-electron chi connectivity index (χ3n) is 2.69. The summed E-state index contributed by atoms with van der Waals surface area (Å²) in [7, 11) is 0. The molecule has 0 aromatic heterocycles. The van der Waals surface area contributed by atoms with Crippen LogP contribution in [0.25, 0.3) is 0 Å². The molecule has 8 heteroatoms. The molecule has 0 saturated carbocycles. The van der Waals surface area contributed by atoms with Gasteiger partial charge >= 0.3 is 0 Å². The van der Waals surface area contributed by atoms with E-state index in [-0.39, 0.29) is 6.61 Å². The lowest BCUT2D eigenvalue weighted by Crippen LogP contribution is -2.44. The summed E-state index contributed by atoms with van der Waals surface area (Å²) in [6, 6.07) is 9.76. The summed E-state index contributed by atoms with van der Waals surface area (Å²) in [5.74, 6) is -3.38. The molecule has 0 radical (unpaired) electrons. The third-order valence-corrected chi connectivity index (χ3v) is 3.22. The molecular formula is C15H11BrF2N2O3. The van der Waals surface area contributed by atoms with E-state index in [9.17, 15) is 18.4 Å². The number of hydrogen-bond donors (Lipinski definition) is 2. The molecule has 0 unspecified atom stereocenters. The summed E-state index contributed by atoms with van der Waals surface area (Å²) in [6.45, 7) is -0.373. The summed E-state index contributed by atoms with van der Waals surface area (Å²) in [6.07, 6.45) is 0. The van der Waals surface area contributed by atoms with Gasteiger partial charge < -0.3 is 4.74 Å². The quantitative estimate of drug-likeness (QED) is 0.796. The first-order chi connectivity index (χ1) is 11.0. The number of carbonyl (C=O) groups excluding carboxylic acids is 2. The molecule has 0 aliphatic carbocycles. The zero-order valence-corrected chi connectivity index (χ0v) is 13.2. The molecular weight excluding hydrogens is 374 g/mol. The van der Waals surface area contributed by atoms with Crippen molar-refractivity contribution in [1.29, 1.82) is 0 Å². The predicted octanol–water partition coefficient (Wildman–Crippen LogP) is 2.57. The smallest absolute Gasteiger partial charge is 0.276 e. The molecule has 2 N–H and O–H groups in total. The molecule has 120 valence electrons. The number of benzene rings is 2. The van der Waals surface area contributed by atoms with Crippen molar-refractivity contribution in [3.05, 3.63) is 64.1 Å². The van der Waals surface area contributed by atoms with Crippen LogP contribution < -0.4 is 15.6 Å². The van der Waals surface area contributed by atoms with Gasteiger partial charge in [-0.15, -0.1) is 0 Å². The van der Waals surface area contributed by atoms with Gasteiger partial charge in [-0.1, -0.05) is 22.0 Å². The number of carbonyl (C=O) groups is 2. The van der Waals surface area contributed by atoms with Gasteiger partial charge in [0.1, 0.15) is 22.9 Å². The molecule has 2 aromatic carbocycles. The maximum absolute atomic E-state index is 13.4. The Hall–Kier alpha value is -2.48. The van der Waals surface area contributed by atoms with Crippen LogP contribution in [0.1, 0.15) is 10.4 Å². The van der Waals surface area contributed by atoms with Crippen LogP contribution in [0.3, 0.4) is 0 Å². The van der Waals surface area contributed by atoms with Crippen molar-refractivity contribution in [1.82, 2.24) is 10.9 Å². The predicted molar refractivity (Wildman–Crippen MR) is 81.6 cm³/mol. The Labute approximate surface area is 138 Å². The Morgan fingerprint density at radius 2 is 1.61 bits per heavy atom. The van der Waals surface area contributed by atoms with Crippen LogP contribution in [0.4, 0.5) is 8.78 Å². The molecule has 2 aromatic rings. The minimum absolute atomic E-state index is 0.373. The number of ether oxygens (including phenoxy) is 1. The first-order valence-corrected chi connectivity index (χ1v) is 7.18. The van der Waals surface area contributed by atoms with Gasteiger partial charge in [-0.05, 0) is 36.4 Å². The van der Waals surface area contributed by atoms with Crippen LogP contribution in [0.15, 0.2) is 46.9 Å². The second-order valence-corrected chi connectivity index (χ2v) is 5.26. The van der Waals surface area contributed by atoms with Crippen molar-refractivity contribution < 1.29 is 23.1 Å². The summed E-state index contributed by atoms with van der Waals surface area (Å²) in [4.78, 5) is 23.2. The molecule has 5 nitrogen and oxygen atoms in total. The zero-order valence-electron chi connectivity index (χ0n) is 11.6. The first-order valence-electron chi connectivity index (χ1n) is 6.39. The van der Waals surface area contributed by atoms with Crippen LogP contribution in [0.2, 0.25) is 0 Å². The van der Waals surface area contributed by atoms with Gasteiger partial charge in [0.05, 0.1) is 0 Å². The average Bonchev–Trinajstić information content (AvgIpc) is 2.52. The van der Waals surface area contributed by atoms with Gasteiger partial charge in [0, 0.05) is 4.47 Å². The van der Waals surface area contributed by atoms with Crippen LogP contribution in [0.5, 0.6) is 5.75 Å². The van der Waals surface area contributed by atoms with Crippen LogP contribution in [0, 0.1) is 11.6 Å². The van der Waals surface area contributed by atoms with Crippen molar-refractivity contribution in [2.75, 3.05) is 6.61 Å². The highest BCUT2D eigenvalue weighted by Gasteiger charge is 2.17. The highest BCUT2D eigenvalue weighted by Crippen LogP contribution is 2.15. The molecule has 0 heterocycles.